The number of carbonyl (C=O) groups excluding carboxylic acids is 2. The molecule has 1 aromatic rings. The van der Waals surface area contributed by atoms with Crippen molar-refractivity contribution >= 4 is 21.7 Å². The van der Waals surface area contributed by atoms with Gasteiger partial charge in [-0.3, -0.25) is 4.79 Å². The molecule has 0 spiro atoms. The molecule has 1 N–H and O–H groups in total. The smallest absolute Gasteiger partial charge is 0.407 e. The number of ether oxygens (including phenoxy) is 4. The van der Waals surface area contributed by atoms with E-state index < -0.39 is 27.8 Å². The Balaban J connectivity index is 2.48. The first-order valence-corrected chi connectivity index (χ1v) is 15.0. The zero-order valence-corrected chi connectivity index (χ0v) is 24.2. The number of nitrogens with one attached hydrogen (secondary N) is 1. The minimum absolute atomic E-state index is 0.0209. The van der Waals surface area contributed by atoms with Gasteiger partial charge in [0.25, 0.3) is 0 Å². The molecule has 0 aliphatic carbocycles. The lowest BCUT2D eigenvalue weighted by Gasteiger charge is -2.18. The number of azide groups is 2. The van der Waals surface area contributed by atoms with E-state index in [-0.39, 0.29) is 29.2 Å². The van der Waals surface area contributed by atoms with Gasteiger partial charge >= 0.3 is 6.09 Å². The summed E-state index contributed by atoms with van der Waals surface area (Å²) in [5.41, 5.74) is 16.8. The second-order valence-corrected chi connectivity index (χ2v) is 10.7. The van der Waals surface area contributed by atoms with Crippen molar-refractivity contribution in [3.05, 3.63) is 50.7 Å². The van der Waals surface area contributed by atoms with Gasteiger partial charge < -0.3 is 24.3 Å². The van der Waals surface area contributed by atoms with Crippen LogP contribution in [0.1, 0.15) is 48.9 Å². The molecule has 0 bridgehead atoms. The molecule has 0 fully saturated rings. The molecule has 0 saturated carbocycles. The molecule has 1 rings (SSSR count). The van der Waals surface area contributed by atoms with Gasteiger partial charge in [0.2, 0.25) is 0 Å². The Kier molecular flexibility index (Phi) is 19.4. The van der Waals surface area contributed by atoms with Gasteiger partial charge in [-0.2, -0.15) is 0 Å². The van der Waals surface area contributed by atoms with Gasteiger partial charge in [0.1, 0.15) is 6.10 Å². The predicted molar refractivity (Wildman–Crippen MR) is 150 cm³/mol. The SMILES string of the molecule is CNC(=O)OC(CCCCCN=[N+]=[N-])CS(=O)(=O)c1cccc(C(=O)CCCOCCOCCOCCN=[N+]=[N-])c1. The molecule has 15 nitrogen and oxygen atoms in total. The highest BCUT2D eigenvalue weighted by molar-refractivity contribution is 7.91. The summed E-state index contributed by atoms with van der Waals surface area (Å²) in [4.78, 5) is 29.7. The van der Waals surface area contributed by atoms with Gasteiger partial charge in [-0.05, 0) is 48.9 Å². The van der Waals surface area contributed by atoms with Crippen LogP contribution in [0.5, 0.6) is 0 Å². The van der Waals surface area contributed by atoms with Crippen LogP contribution in [-0.2, 0) is 28.8 Å². The highest BCUT2D eigenvalue weighted by Gasteiger charge is 2.25. The minimum atomic E-state index is -3.86. The highest BCUT2D eigenvalue weighted by Crippen LogP contribution is 2.19. The second-order valence-electron chi connectivity index (χ2n) is 8.71. The normalized spacial score (nSPS) is 11.6. The number of amides is 1. The molecule has 1 unspecified atom stereocenters. The number of ketones is 1. The van der Waals surface area contributed by atoms with Gasteiger partial charge in [-0.15, -0.1) is 0 Å². The number of hydrogen-bond acceptors (Lipinski definition) is 10. The lowest BCUT2D eigenvalue weighted by atomic mass is 10.1. The minimum Gasteiger partial charge on any atom is -0.445 e. The predicted octanol–water partition coefficient (Wildman–Crippen LogP) is 4.38. The molecule has 228 valence electrons. The number of alkyl carbamates (subject to hydrolysis) is 1. The van der Waals surface area contributed by atoms with Crippen molar-refractivity contribution in [1.29, 1.82) is 0 Å². The average molecular weight is 598 g/mol. The number of Topliss-reactive ketones (excluding diaryl/α,β-unsaturated/α-hetero) is 1. The molecule has 0 heterocycles. The lowest BCUT2D eigenvalue weighted by molar-refractivity contribution is 0.0154. The van der Waals surface area contributed by atoms with Crippen LogP contribution in [0, 0.1) is 0 Å². The first-order valence-electron chi connectivity index (χ1n) is 13.3. The van der Waals surface area contributed by atoms with E-state index in [9.17, 15) is 18.0 Å². The van der Waals surface area contributed by atoms with E-state index in [0.717, 1.165) is 0 Å². The van der Waals surface area contributed by atoms with Crippen molar-refractivity contribution < 1.29 is 37.0 Å². The van der Waals surface area contributed by atoms with E-state index in [1.807, 2.05) is 0 Å². The molecule has 0 aliphatic heterocycles. The Morgan fingerprint density at radius 1 is 0.902 bits per heavy atom. The van der Waals surface area contributed by atoms with E-state index in [4.69, 9.17) is 30.0 Å². The maximum absolute atomic E-state index is 13.1. The average Bonchev–Trinajstić information content (AvgIpc) is 2.96. The van der Waals surface area contributed by atoms with Crippen molar-refractivity contribution in [1.82, 2.24) is 5.32 Å². The van der Waals surface area contributed by atoms with Crippen LogP contribution in [0.25, 0.3) is 20.9 Å². The van der Waals surface area contributed by atoms with E-state index in [1.165, 1.54) is 25.2 Å². The van der Waals surface area contributed by atoms with Crippen LogP contribution in [0.15, 0.2) is 39.4 Å². The molecule has 0 aromatic heterocycles. The first-order chi connectivity index (χ1) is 19.8. The largest absolute Gasteiger partial charge is 0.445 e. The van der Waals surface area contributed by atoms with Crippen LogP contribution < -0.4 is 5.32 Å². The van der Waals surface area contributed by atoms with Gasteiger partial charge in [-0.25, -0.2) is 13.2 Å². The lowest BCUT2D eigenvalue weighted by Crippen LogP contribution is -2.31. The van der Waals surface area contributed by atoms with Crippen LogP contribution >= 0.6 is 0 Å². The topological polar surface area (TPSA) is 215 Å². The van der Waals surface area contributed by atoms with Crippen LogP contribution in [-0.4, -0.2) is 91.9 Å². The number of sulfone groups is 1. The summed E-state index contributed by atoms with van der Waals surface area (Å²) in [5, 5.41) is 9.14. The molecule has 0 aliphatic rings. The number of unbranched alkanes of at least 4 members (excludes halogenated alkanes) is 2. The summed E-state index contributed by atoms with van der Waals surface area (Å²) in [7, 11) is -2.47. The Morgan fingerprint density at radius 3 is 2.24 bits per heavy atom. The fourth-order valence-electron chi connectivity index (χ4n) is 3.54. The zero-order chi connectivity index (χ0) is 30.2. The first kappa shape index (κ1) is 35.6. The Morgan fingerprint density at radius 2 is 1.56 bits per heavy atom. The summed E-state index contributed by atoms with van der Waals surface area (Å²) < 4.78 is 47.5. The van der Waals surface area contributed by atoms with Gasteiger partial charge in [0.15, 0.2) is 15.6 Å². The Labute approximate surface area is 240 Å². The van der Waals surface area contributed by atoms with E-state index in [0.29, 0.717) is 78.3 Å². The molecule has 0 radical (unpaired) electrons. The Bertz CT molecular complexity index is 1120. The number of nitrogens with zero attached hydrogens (tertiary/aromatic N) is 6. The van der Waals surface area contributed by atoms with Gasteiger partial charge in [0, 0.05) is 48.6 Å². The summed E-state index contributed by atoms with van der Waals surface area (Å²) in [6.07, 6.45) is 1.26. The quantitative estimate of drug-likeness (QED) is 0.0591. The van der Waals surface area contributed by atoms with E-state index in [1.54, 1.807) is 6.07 Å². The number of benzene rings is 1. The molecule has 1 atom stereocenters. The van der Waals surface area contributed by atoms with Crippen molar-refractivity contribution in [3.63, 3.8) is 0 Å². The molecular weight excluding hydrogens is 558 g/mol. The molecule has 41 heavy (non-hydrogen) atoms. The maximum Gasteiger partial charge on any atom is 0.407 e. The molecule has 1 amide bonds. The van der Waals surface area contributed by atoms with Crippen molar-refractivity contribution in [2.75, 3.05) is 65.5 Å². The monoisotopic (exact) mass is 597 g/mol. The number of rotatable bonds is 24. The zero-order valence-electron chi connectivity index (χ0n) is 23.4. The number of carbonyl (C=O) groups is 2. The maximum atomic E-state index is 13.1. The summed E-state index contributed by atoms with van der Waals surface area (Å²) in [6, 6.07) is 5.83. The van der Waals surface area contributed by atoms with Crippen molar-refractivity contribution in [3.8, 4) is 0 Å². The van der Waals surface area contributed by atoms with Crippen molar-refractivity contribution in [2.45, 2.75) is 49.5 Å². The fourth-order valence-corrected chi connectivity index (χ4v) is 5.05. The fraction of sp³-hybridized carbons (Fsp3) is 0.680. The molecular formula is C25H39N7O8S. The van der Waals surface area contributed by atoms with Gasteiger partial charge in [-0.1, -0.05) is 28.8 Å². The van der Waals surface area contributed by atoms with Crippen LogP contribution in [0.4, 0.5) is 4.79 Å². The molecule has 16 heteroatoms. The standard InChI is InChI=1S/C25H39N7O8S/c1-28-25(34)40-22(8-3-2-4-11-29-31-26)20-41(35,36)23-9-5-7-21(19-23)24(33)10-6-13-37-15-17-39-18-16-38-14-12-30-32-27/h5,7,9,19,22H,2-4,6,8,10-18,20H2,1H3,(H,28,34). The highest BCUT2D eigenvalue weighted by atomic mass is 32.2. The summed E-state index contributed by atoms with van der Waals surface area (Å²) in [5.74, 6) is -0.635. The van der Waals surface area contributed by atoms with Crippen LogP contribution in [0.3, 0.4) is 0 Å². The van der Waals surface area contributed by atoms with Crippen LogP contribution in [0.2, 0.25) is 0 Å². The van der Waals surface area contributed by atoms with Crippen molar-refractivity contribution in [2.24, 2.45) is 10.2 Å². The van der Waals surface area contributed by atoms with Gasteiger partial charge in [0.05, 0.1) is 43.7 Å². The second kappa shape index (κ2) is 22.3. The molecule has 1 aromatic carbocycles. The van der Waals surface area contributed by atoms with E-state index in [2.05, 4.69) is 25.4 Å². The third kappa shape index (κ3) is 17.1. The summed E-state index contributed by atoms with van der Waals surface area (Å²) >= 11 is 0. The van der Waals surface area contributed by atoms with E-state index >= 15 is 0 Å². The number of hydrogen-bond donors (Lipinski definition) is 1. The third-order valence-electron chi connectivity index (χ3n) is 5.58. The summed E-state index contributed by atoms with van der Waals surface area (Å²) in [6.45, 7) is 2.79. The third-order valence-corrected chi connectivity index (χ3v) is 7.36. The molecule has 0 saturated heterocycles. The Hall–Kier alpha value is -3.39.